The maximum absolute atomic E-state index is 12.4. The molecule has 2 amide bonds. The molecular formula is C18H19ClN2O3. The number of benzene rings is 2. The monoisotopic (exact) mass is 346 g/mol. The molecule has 0 aromatic heterocycles. The van der Waals surface area contributed by atoms with Crippen molar-refractivity contribution in [3.8, 4) is 5.75 Å². The maximum Gasteiger partial charge on any atom is 0.314 e. The Bertz CT molecular complexity index is 719. The Balaban J connectivity index is 2.10. The van der Waals surface area contributed by atoms with E-state index in [1.807, 2.05) is 37.3 Å². The van der Waals surface area contributed by atoms with Crippen molar-refractivity contribution >= 4 is 29.1 Å². The predicted octanol–water partition coefficient (Wildman–Crippen LogP) is 3.34. The highest BCUT2D eigenvalue weighted by Crippen LogP contribution is 2.27. The summed E-state index contributed by atoms with van der Waals surface area (Å²) in [4.78, 5) is 26.2. The number of nitrogens with one attached hydrogen (secondary N) is 1. The minimum absolute atomic E-state index is 0.360. The summed E-state index contributed by atoms with van der Waals surface area (Å²) >= 11 is 5.93. The van der Waals surface area contributed by atoms with Crippen molar-refractivity contribution in [2.75, 3.05) is 19.0 Å². The molecule has 0 saturated heterocycles. The number of hydrogen-bond acceptors (Lipinski definition) is 3. The Labute approximate surface area is 146 Å². The first-order chi connectivity index (χ1) is 11.5. The van der Waals surface area contributed by atoms with Crippen molar-refractivity contribution in [2.24, 2.45) is 0 Å². The first-order valence-electron chi connectivity index (χ1n) is 7.53. The molecule has 5 nitrogen and oxygen atoms in total. The van der Waals surface area contributed by atoms with Crippen molar-refractivity contribution in [2.45, 2.75) is 13.5 Å². The van der Waals surface area contributed by atoms with E-state index in [9.17, 15) is 9.59 Å². The van der Waals surface area contributed by atoms with Crippen molar-refractivity contribution in [3.05, 3.63) is 59.1 Å². The lowest BCUT2D eigenvalue weighted by molar-refractivity contribution is -0.143. The fraction of sp³-hybridized carbons (Fsp3) is 0.222. The SMILES string of the molecule is CCN(Cc1ccccc1)C(=O)C(=O)Nc1cc(Cl)ccc1OC. The summed E-state index contributed by atoms with van der Waals surface area (Å²) < 4.78 is 5.17. The first kappa shape index (κ1) is 17.8. The number of likely N-dealkylation sites (N-methyl/N-ethyl adjacent to an activating group) is 1. The molecular weight excluding hydrogens is 328 g/mol. The number of carbonyl (C=O) groups is 2. The number of hydrogen-bond donors (Lipinski definition) is 1. The largest absolute Gasteiger partial charge is 0.495 e. The zero-order valence-electron chi connectivity index (χ0n) is 13.6. The summed E-state index contributed by atoms with van der Waals surface area (Å²) in [5, 5.41) is 3.00. The van der Waals surface area contributed by atoms with Crippen LogP contribution in [0.4, 0.5) is 5.69 Å². The van der Waals surface area contributed by atoms with Gasteiger partial charge >= 0.3 is 11.8 Å². The molecule has 24 heavy (non-hydrogen) atoms. The fourth-order valence-corrected chi connectivity index (χ4v) is 2.40. The minimum atomic E-state index is -0.728. The molecule has 2 aromatic carbocycles. The highest BCUT2D eigenvalue weighted by Gasteiger charge is 2.22. The summed E-state index contributed by atoms with van der Waals surface area (Å²) in [6.07, 6.45) is 0. The molecule has 2 rings (SSSR count). The van der Waals surface area contributed by atoms with Crippen molar-refractivity contribution in [1.29, 1.82) is 0 Å². The Morgan fingerprint density at radius 2 is 1.88 bits per heavy atom. The van der Waals surface area contributed by atoms with E-state index in [1.54, 1.807) is 18.2 Å². The molecule has 0 aliphatic rings. The number of rotatable bonds is 5. The number of amides is 2. The van der Waals surface area contributed by atoms with Crippen LogP contribution in [0, 0.1) is 0 Å². The average molecular weight is 347 g/mol. The van der Waals surface area contributed by atoms with Gasteiger partial charge in [-0.05, 0) is 30.7 Å². The van der Waals surface area contributed by atoms with Crippen LogP contribution >= 0.6 is 11.6 Å². The molecule has 0 radical (unpaired) electrons. The quantitative estimate of drug-likeness (QED) is 0.845. The van der Waals surface area contributed by atoms with Crippen LogP contribution in [0.3, 0.4) is 0 Å². The smallest absolute Gasteiger partial charge is 0.314 e. The Hall–Kier alpha value is -2.53. The second-order valence-corrected chi connectivity index (χ2v) is 5.54. The van der Waals surface area contributed by atoms with Gasteiger partial charge in [0.15, 0.2) is 0 Å². The van der Waals surface area contributed by atoms with Gasteiger partial charge in [0.2, 0.25) is 0 Å². The second kappa shape index (κ2) is 8.36. The lowest BCUT2D eigenvalue weighted by Gasteiger charge is -2.20. The topological polar surface area (TPSA) is 58.6 Å². The third-order valence-corrected chi connectivity index (χ3v) is 3.72. The third-order valence-electron chi connectivity index (χ3n) is 3.49. The van der Waals surface area contributed by atoms with E-state index in [0.29, 0.717) is 29.5 Å². The van der Waals surface area contributed by atoms with Gasteiger partial charge in [-0.3, -0.25) is 9.59 Å². The summed E-state index contributed by atoms with van der Waals surface area (Å²) in [6, 6.07) is 14.3. The minimum Gasteiger partial charge on any atom is -0.495 e. The molecule has 0 aliphatic heterocycles. The van der Waals surface area contributed by atoms with Gasteiger partial charge in [-0.25, -0.2) is 0 Å². The van der Waals surface area contributed by atoms with Crippen molar-refractivity contribution < 1.29 is 14.3 Å². The molecule has 126 valence electrons. The van der Waals surface area contributed by atoms with E-state index in [0.717, 1.165) is 5.56 Å². The standard InChI is InChI=1S/C18H19ClN2O3/c1-3-21(12-13-7-5-4-6-8-13)18(23)17(22)20-15-11-14(19)9-10-16(15)24-2/h4-11H,3,12H2,1-2H3,(H,20,22). The molecule has 0 bridgehead atoms. The average Bonchev–Trinajstić information content (AvgIpc) is 2.60. The Morgan fingerprint density at radius 3 is 2.50 bits per heavy atom. The van der Waals surface area contributed by atoms with E-state index in [2.05, 4.69) is 5.32 Å². The number of carbonyl (C=O) groups excluding carboxylic acids is 2. The molecule has 0 heterocycles. The van der Waals surface area contributed by atoms with Gasteiger partial charge in [-0.2, -0.15) is 0 Å². The van der Waals surface area contributed by atoms with Gasteiger partial charge < -0.3 is 15.0 Å². The van der Waals surface area contributed by atoms with Crippen LogP contribution < -0.4 is 10.1 Å². The van der Waals surface area contributed by atoms with Crippen molar-refractivity contribution in [3.63, 3.8) is 0 Å². The van der Waals surface area contributed by atoms with Crippen LogP contribution in [0.2, 0.25) is 5.02 Å². The summed E-state index contributed by atoms with van der Waals surface area (Å²) in [6.45, 7) is 2.62. The fourth-order valence-electron chi connectivity index (χ4n) is 2.23. The van der Waals surface area contributed by atoms with Gasteiger partial charge in [0.05, 0.1) is 12.8 Å². The zero-order valence-corrected chi connectivity index (χ0v) is 14.3. The van der Waals surface area contributed by atoms with Crippen LogP contribution in [0.15, 0.2) is 48.5 Å². The van der Waals surface area contributed by atoms with E-state index in [1.165, 1.54) is 12.0 Å². The highest BCUT2D eigenvalue weighted by atomic mass is 35.5. The molecule has 0 aliphatic carbocycles. The van der Waals surface area contributed by atoms with E-state index >= 15 is 0 Å². The van der Waals surface area contributed by atoms with E-state index < -0.39 is 11.8 Å². The lowest BCUT2D eigenvalue weighted by atomic mass is 10.2. The Morgan fingerprint density at radius 1 is 1.17 bits per heavy atom. The zero-order chi connectivity index (χ0) is 17.5. The van der Waals surface area contributed by atoms with Gasteiger partial charge in [0.25, 0.3) is 0 Å². The lowest BCUT2D eigenvalue weighted by Crippen LogP contribution is -2.39. The highest BCUT2D eigenvalue weighted by molar-refractivity contribution is 6.40. The molecule has 0 spiro atoms. The second-order valence-electron chi connectivity index (χ2n) is 5.10. The molecule has 0 fully saturated rings. The van der Waals surface area contributed by atoms with Crippen molar-refractivity contribution in [1.82, 2.24) is 4.90 Å². The van der Waals surface area contributed by atoms with Gasteiger partial charge in [-0.15, -0.1) is 0 Å². The molecule has 0 saturated carbocycles. The van der Waals surface area contributed by atoms with Crippen LogP contribution in [0.25, 0.3) is 0 Å². The van der Waals surface area contributed by atoms with E-state index in [-0.39, 0.29) is 0 Å². The normalized spacial score (nSPS) is 10.1. The van der Waals surface area contributed by atoms with Crippen LogP contribution in [-0.4, -0.2) is 30.4 Å². The van der Waals surface area contributed by atoms with Gasteiger partial charge in [-0.1, -0.05) is 41.9 Å². The molecule has 2 aromatic rings. The third kappa shape index (κ3) is 4.49. The number of methoxy groups -OCH3 is 1. The summed E-state index contributed by atoms with van der Waals surface area (Å²) in [5.41, 5.74) is 1.32. The van der Waals surface area contributed by atoms with Crippen LogP contribution in [0.1, 0.15) is 12.5 Å². The number of ether oxygens (including phenoxy) is 1. The molecule has 0 atom stereocenters. The maximum atomic E-state index is 12.4. The number of halogens is 1. The number of nitrogens with zero attached hydrogens (tertiary/aromatic N) is 1. The first-order valence-corrected chi connectivity index (χ1v) is 7.90. The molecule has 0 unspecified atom stereocenters. The summed E-state index contributed by atoms with van der Waals surface area (Å²) in [7, 11) is 1.48. The predicted molar refractivity (Wildman–Crippen MR) is 94.2 cm³/mol. The summed E-state index contributed by atoms with van der Waals surface area (Å²) in [5.74, 6) is -0.900. The molecule has 6 heteroatoms. The van der Waals surface area contributed by atoms with Crippen LogP contribution in [0.5, 0.6) is 5.75 Å². The van der Waals surface area contributed by atoms with Gasteiger partial charge in [0, 0.05) is 18.1 Å². The number of anilines is 1. The van der Waals surface area contributed by atoms with Gasteiger partial charge in [0.1, 0.15) is 5.75 Å². The van der Waals surface area contributed by atoms with E-state index in [4.69, 9.17) is 16.3 Å². The Kier molecular flexibility index (Phi) is 6.21. The molecule has 1 N–H and O–H groups in total. The van der Waals surface area contributed by atoms with Crippen LogP contribution in [-0.2, 0) is 16.1 Å².